The van der Waals surface area contributed by atoms with Crippen molar-refractivity contribution < 1.29 is 4.74 Å². The van der Waals surface area contributed by atoms with E-state index in [1.165, 1.54) is 5.70 Å². The zero-order valence-corrected chi connectivity index (χ0v) is 17.3. The third kappa shape index (κ3) is 2.90. The molecule has 0 radical (unpaired) electrons. The van der Waals surface area contributed by atoms with Gasteiger partial charge in [-0.25, -0.2) is 9.67 Å². The fourth-order valence-corrected chi connectivity index (χ4v) is 4.75. The van der Waals surface area contributed by atoms with Crippen molar-refractivity contribution in [3.05, 3.63) is 85.0 Å². The third-order valence-electron chi connectivity index (χ3n) is 6.55. The topological polar surface area (TPSA) is 55.5 Å². The Morgan fingerprint density at radius 3 is 2.74 bits per heavy atom. The molecule has 1 aliphatic heterocycles. The minimum Gasteiger partial charge on any atom is -0.486 e. The first-order valence-corrected chi connectivity index (χ1v) is 10.6. The standard InChI is InChI=1S/C25H23N5O/c1-29-24(28-23-5-3-2-4-19-16-25(19,23)29)17-31-21-8-6-20(7-9-21)30-22(12-15-27-30)18-10-13-26-14-11-18/h2,4-15,19H,3,16-17H2,1H3. The molecule has 1 saturated carbocycles. The van der Waals surface area contributed by atoms with Crippen LogP contribution in [-0.4, -0.2) is 44.7 Å². The Morgan fingerprint density at radius 1 is 1.06 bits per heavy atom. The number of pyridine rings is 1. The molecule has 3 heterocycles. The van der Waals surface area contributed by atoms with Crippen LogP contribution in [-0.2, 0) is 0 Å². The second-order valence-corrected chi connectivity index (χ2v) is 8.22. The number of ether oxygens (including phenoxy) is 1. The number of amidine groups is 1. The number of nitrogens with zero attached hydrogens (tertiary/aromatic N) is 5. The van der Waals surface area contributed by atoms with Crippen LogP contribution in [0, 0.1) is 5.92 Å². The zero-order valence-electron chi connectivity index (χ0n) is 17.3. The van der Waals surface area contributed by atoms with E-state index in [1.807, 2.05) is 53.3 Å². The van der Waals surface area contributed by atoms with Gasteiger partial charge < -0.3 is 9.64 Å². The molecule has 31 heavy (non-hydrogen) atoms. The lowest BCUT2D eigenvalue weighted by Gasteiger charge is -2.24. The van der Waals surface area contributed by atoms with Crippen LogP contribution in [0.1, 0.15) is 12.8 Å². The molecule has 6 rings (SSSR count). The molecular weight excluding hydrogens is 386 g/mol. The zero-order chi connectivity index (χ0) is 20.8. The molecule has 2 aliphatic carbocycles. The Balaban J connectivity index is 1.17. The highest BCUT2D eigenvalue weighted by Gasteiger charge is 2.62. The largest absolute Gasteiger partial charge is 0.486 e. The highest BCUT2D eigenvalue weighted by Crippen LogP contribution is 2.58. The first-order chi connectivity index (χ1) is 15.3. The van der Waals surface area contributed by atoms with Crippen molar-refractivity contribution in [3.63, 3.8) is 0 Å². The van der Waals surface area contributed by atoms with Gasteiger partial charge >= 0.3 is 0 Å². The normalized spacial score (nSPS) is 23.5. The van der Waals surface area contributed by atoms with Crippen molar-refractivity contribution in [2.75, 3.05) is 13.7 Å². The molecule has 6 heteroatoms. The van der Waals surface area contributed by atoms with E-state index in [0.717, 1.165) is 41.4 Å². The number of allylic oxidation sites excluding steroid dienone is 2. The van der Waals surface area contributed by atoms with Crippen LogP contribution in [0.5, 0.6) is 5.75 Å². The molecular formula is C25H23N5O. The summed E-state index contributed by atoms with van der Waals surface area (Å²) < 4.78 is 8.02. The van der Waals surface area contributed by atoms with Crippen LogP contribution < -0.4 is 4.74 Å². The van der Waals surface area contributed by atoms with Gasteiger partial charge in [-0.3, -0.25) is 4.98 Å². The number of hydrogen-bond donors (Lipinski definition) is 0. The smallest absolute Gasteiger partial charge is 0.146 e. The van der Waals surface area contributed by atoms with Crippen molar-refractivity contribution in [2.24, 2.45) is 10.9 Å². The molecule has 0 amide bonds. The monoisotopic (exact) mass is 409 g/mol. The average molecular weight is 409 g/mol. The molecule has 2 aromatic heterocycles. The van der Waals surface area contributed by atoms with E-state index in [4.69, 9.17) is 9.73 Å². The minimum absolute atomic E-state index is 0.0823. The number of likely N-dealkylation sites (N-methyl/N-ethyl adjacent to an activating group) is 1. The summed E-state index contributed by atoms with van der Waals surface area (Å²) in [6.07, 6.45) is 14.4. The van der Waals surface area contributed by atoms with Gasteiger partial charge in [0.2, 0.25) is 0 Å². The van der Waals surface area contributed by atoms with Crippen LogP contribution in [0.15, 0.2) is 90.0 Å². The molecule has 0 bridgehead atoms. The second kappa shape index (κ2) is 6.94. The van der Waals surface area contributed by atoms with E-state index >= 15 is 0 Å². The maximum Gasteiger partial charge on any atom is 0.146 e. The molecule has 1 fully saturated rings. The van der Waals surface area contributed by atoms with Gasteiger partial charge in [0.25, 0.3) is 0 Å². The van der Waals surface area contributed by atoms with E-state index in [-0.39, 0.29) is 5.54 Å². The summed E-state index contributed by atoms with van der Waals surface area (Å²) in [4.78, 5) is 11.3. The van der Waals surface area contributed by atoms with E-state index in [1.54, 1.807) is 12.4 Å². The van der Waals surface area contributed by atoms with Gasteiger partial charge in [-0.05, 0) is 55.3 Å². The predicted molar refractivity (Wildman–Crippen MR) is 120 cm³/mol. The Morgan fingerprint density at radius 2 is 1.90 bits per heavy atom. The van der Waals surface area contributed by atoms with E-state index < -0.39 is 0 Å². The Bertz CT molecular complexity index is 1210. The molecule has 0 N–H and O–H groups in total. The van der Waals surface area contributed by atoms with Gasteiger partial charge in [-0.2, -0.15) is 5.10 Å². The van der Waals surface area contributed by atoms with Crippen molar-refractivity contribution >= 4 is 5.84 Å². The third-order valence-corrected chi connectivity index (χ3v) is 6.55. The van der Waals surface area contributed by atoms with Gasteiger partial charge in [-0.15, -0.1) is 0 Å². The summed E-state index contributed by atoms with van der Waals surface area (Å²) in [5.74, 6) is 2.40. The van der Waals surface area contributed by atoms with Crippen LogP contribution in [0.25, 0.3) is 16.9 Å². The maximum atomic E-state index is 6.09. The number of benzene rings is 1. The second-order valence-electron chi connectivity index (χ2n) is 8.22. The molecule has 3 aromatic rings. The maximum absolute atomic E-state index is 6.09. The predicted octanol–water partition coefficient (Wildman–Crippen LogP) is 4.26. The first-order valence-electron chi connectivity index (χ1n) is 10.6. The van der Waals surface area contributed by atoms with Crippen LogP contribution in [0.2, 0.25) is 0 Å². The molecule has 2 atom stereocenters. The highest BCUT2D eigenvalue weighted by atomic mass is 16.5. The molecule has 0 saturated heterocycles. The van der Waals surface area contributed by atoms with Crippen molar-refractivity contribution in [1.29, 1.82) is 0 Å². The van der Waals surface area contributed by atoms with E-state index in [0.29, 0.717) is 12.5 Å². The quantitative estimate of drug-likeness (QED) is 0.591. The van der Waals surface area contributed by atoms with E-state index in [9.17, 15) is 0 Å². The van der Waals surface area contributed by atoms with Crippen molar-refractivity contribution in [2.45, 2.75) is 18.4 Å². The summed E-state index contributed by atoms with van der Waals surface area (Å²) in [6.45, 7) is 0.468. The van der Waals surface area contributed by atoms with Crippen LogP contribution >= 0.6 is 0 Å². The SMILES string of the molecule is CN1C(COc2ccc(-n3nccc3-c3ccncc3)cc2)=NC2=CCC=CC3CC231. The van der Waals surface area contributed by atoms with Crippen molar-refractivity contribution in [1.82, 2.24) is 19.7 Å². The molecule has 6 nitrogen and oxygen atoms in total. The summed E-state index contributed by atoms with van der Waals surface area (Å²) in [7, 11) is 2.14. The average Bonchev–Trinajstić information content (AvgIpc) is 3.28. The fourth-order valence-electron chi connectivity index (χ4n) is 4.75. The summed E-state index contributed by atoms with van der Waals surface area (Å²) in [5, 5.41) is 4.49. The van der Waals surface area contributed by atoms with Gasteiger partial charge in [0.1, 0.15) is 18.2 Å². The molecule has 3 aliphatic rings. The number of rotatable bonds is 5. The van der Waals surface area contributed by atoms with Crippen molar-refractivity contribution in [3.8, 4) is 22.7 Å². The number of aliphatic imine (C=N–C) groups is 1. The highest BCUT2D eigenvalue weighted by molar-refractivity contribution is 5.89. The molecule has 1 aromatic carbocycles. The molecule has 1 spiro atoms. The lowest BCUT2D eigenvalue weighted by atomic mass is 10.1. The van der Waals surface area contributed by atoms with E-state index in [2.05, 4.69) is 40.3 Å². The van der Waals surface area contributed by atoms with Gasteiger partial charge in [0.05, 0.1) is 28.8 Å². The molecule has 154 valence electrons. The van der Waals surface area contributed by atoms with Gasteiger partial charge in [-0.1, -0.05) is 18.2 Å². The Hall–Kier alpha value is -3.67. The van der Waals surface area contributed by atoms with Crippen LogP contribution in [0.3, 0.4) is 0 Å². The lowest BCUT2D eigenvalue weighted by Crippen LogP contribution is -2.38. The number of hydrogen-bond acceptors (Lipinski definition) is 5. The lowest BCUT2D eigenvalue weighted by molar-refractivity contribution is 0.332. The number of aromatic nitrogens is 3. The van der Waals surface area contributed by atoms with Gasteiger partial charge in [0, 0.05) is 30.9 Å². The summed E-state index contributed by atoms with van der Waals surface area (Å²) in [6, 6.07) is 14.0. The Kier molecular flexibility index (Phi) is 4.06. The fraction of sp³-hybridized carbons (Fsp3) is 0.240. The summed E-state index contributed by atoms with van der Waals surface area (Å²) >= 11 is 0. The molecule has 2 unspecified atom stereocenters. The Labute approximate surface area is 181 Å². The summed E-state index contributed by atoms with van der Waals surface area (Å²) in [5.41, 5.74) is 4.38. The van der Waals surface area contributed by atoms with Gasteiger partial charge in [0.15, 0.2) is 0 Å². The first kappa shape index (κ1) is 18.1. The van der Waals surface area contributed by atoms with Crippen LogP contribution in [0.4, 0.5) is 0 Å². The minimum atomic E-state index is 0.0823.